The number of methoxy groups -OCH3 is 1. The fourth-order valence-electron chi connectivity index (χ4n) is 7.54. The van der Waals surface area contributed by atoms with Crippen molar-refractivity contribution < 1.29 is 28.6 Å². The molecule has 60 heavy (non-hydrogen) atoms. The molecule has 0 radical (unpaired) electrons. The van der Waals surface area contributed by atoms with E-state index in [1.807, 2.05) is 65.6 Å². The van der Waals surface area contributed by atoms with Gasteiger partial charge in [0, 0.05) is 31.3 Å². The first kappa shape index (κ1) is 40.6. The van der Waals surface area contributed by atoms with Crippen LogP contribution in [0.15, 0.2) is 128 Å². The van der Waals surface area contributed by atoms with Gasteiger partial charge in [-0.15, -0.1) is 0 Å². The van der Waals surface area contributed by atoms with Crippen molar-refractivity contribution in [3.8, 4) is 22.6 Å². The fraction of sp³-hybridized carbons (Fsp3) is 0.208. The Bertz CT molecular complexity index is 2520. The highest BCUT2D eigenvalue weighted by Gasteiger charge is 2.37. The van der Waals surface area contributed by atoms with Gasteiger partial charge >= 0.3 is 5.97 Å². The summed E-state index contributed by atoms with van der Waals surface area (Å²) in [6.07, 6.45) is 1.41. The van der Waals surface area contributed by atoms with E-state index in [-0.39, 0.29) is 18.2 Å². The number of esters is 1. The van der Waals surface area contributed by atoms with Crippen molar-refractivity contribution in [2.75, 3.05) is 12.4 Å². The number of carbonyl (C=O) groups is 3. The first-order valence-corrected chi connectivity index (χ1v) is 20.3. The van der Waals surface area contributed by atoms with Crippen LogP contribution in [0.2, 0.25) is 10.0 Å². The van der Waals surface area contributed by atoms with Gasteiger partial charge in [-0.1, -0.05) is 102 Å². The highest BCUT2D eigenvalue weighted by atomic mass is 35.5. The zero-order chi connectivity index (χ0) is 41.8. The van der Waals surface area contributed by atoms with Gasteiger partial charge in [0.15, 0.2) is 0 Å². The maximum absolute atomic E-state index is 14.3. The number of pyridine rings is 1. The third-order valence-corrected chi connectivity index (χ3v) is 11.6. The lowest BCUT2D eigenvalue weighted by atomic mass is 9.91. The van der Waals surface area contributed by atoms with E-state index in [0.29, 0.717) is 58.9 Å². The van der Waals surface area contributed by atoms with Gasteiger partial charge < -0.3 is 24.8 Å². The zero-order valence-corrected chi connectivity index (χ0v) is 34.5. The van der Waals surface area contributed by atoms with Crippen LogP contribution >= 0.6 is 23.2 Å². The maximum Gasteiger partial charge on any atom is 0.328 e. The number of benzene rings is 5. The van der Waals surface area contributed by atoms with Gasteiger partial charge in [-0.05, 0) is 95.3 Å². The number of fused-ring (bicyclic) bond motifs is 2. The van der Waals surface area contributed by atoms with Gasteiger partial charge in [0.05, 0.1) is 34.6 Å². The molecule has 2 aliphatic heterocycles. The summed E-state index contributed by atoms with van der Waals surface area (Å²) >= 11 is 12.2. The Morgan fingerprint density at radius 3 is 2.32 bits per heavy atom. The molecule has 6 aromatic rings. The number of ether oxygens (including phenoxy) is 3. The maximum atomic E-state index is 14.3. The average Bonchev–Trinajstić information content (AvgIpc) is 3.26. The van der Waals surface area contributed by atoms with Crippen molar-refractivity contribution in [2.24, 2.45) is 0 Å². The average molecular weight is 842 g/mol. The van der Waals surface area contributed by atoms with Crippen molar-refractivity contribution >= 4 is 46.7 Å². The SMILES string of the molecule is COC(=O)C(Cc1ccc(-c2ccc(C)cc2)cc1)NC(=O)[C@@H]1Cc2cc3c(cc2CN1Cc1ccccn1)O[C@@H](c1ccc(OCc2ccc(Cl)c(Cl)c2)cc1)C(=O)N3. The van der Waals surface area contributed by atoms with E-state index in [1.165, 1.54) is 12.7 Å². The Kier molecular flexibility index (Phi) is 12.1. The summed E-state index contributed by atoms with van der Waals surface area (Å²) in [5, 5.41) is 6.97. The fourth-order valence-corrected chi connectivity index (χ4v) is 7.86. The van der Waals surface area contributed by atoms with Crippen LogP contribution in [-0.2, 0) is 51.7 Å². The molecule has 3 heterocycles. The number of anilines is 1. The summed E-state index contributed by atoms with van der Waals surface area (Å²) in [6, 6.07) is 36.7. The van der Waals surface area contributed by atoms with Gasteiger partial charge in [-0.2, -0.15) is 0 Å². The number of nitrogens with one attached hydrogen (secondary N) is 2. The molecule has 12 heteroatoms. The molecule has 8 rings (SSSR count). The minimum atomic E-state index is -0.915. The number of amides is 2. The molecule has 1 aromatic heterocycles. The molecule has 2 amide bonds. The lowest BCUT2D eigenvalue weighted by Gasteiger charge is -2.37. The standard InChI is InChI=1S/C48H42Cl2N4O6/c1-29-6-11-32(12-7-29)33-13-8-30(9-14-33)22-42(48(57)58-2)53-46(55)43-24-35-23-41-44(25-36(35)26-54(43)27-37-5-3-4-20-51-37)60-45(47(56)52-41)34-15-17-38(18-16-34)59-28-31-10-19-39(49)40(50)21-31/h3-21,23,25,42-43,45H,22,24,26-28H2,1-2H3,(H,52,56)(H,53,55)/t42?,43-,45-/m0/s1. The van der Waals surface area contributed by atoms with Crippen LogP contribution in [0.5, 0.6) is 11.5 Å². The summed E-state index contributed by atoms with van der Waals surface area (Å²) in [4.78, 5) is 47.5. The lowest BCUT2D eigenvalue weighted by molar-refractivity contribution is -0.146. The smallest absolute Gasteiger partial charge is 0.328 e. The van der Waals surface area contributed by atoms with Gasteiger partial charge in [0.1, 0.15) is 24.1 Å². The van der Waals surface area contributed by atoms with Crippen LogP contribution in [0.1, 0.15) is 45.2 Å². The third-order valence-electron chi connectivity index (χ3n) is 10.8. The summed E-state index contributed by atoms with van der Waals surface area (Å²) < 4.78 is 17.5. The van der Waals surface area contributed by atoms with E-state index >= 15 is 0 Å². The van der Waals surface area contributed by atoms with E-state index < -0.39 is 24.2 Å². The summed E-state index contributed by atoms with van der Waals surface area (Å²) in [7, 11) is 1.32. The molecule has 304 valence electrons. The Hall–Kier alpha value is -6.20. The summed E-state index contributed by atoms with van der Waals surface area (Å²) in [5.41, 5.74) is 8.90. The van der Waals surface area contributed by atoms with E-state index in [4.69, 9.17) is 37.4 Å². The third kappa shape index (κ3) is 9.31. The van der Waals surface area contributed by atoms with Gasteiger partial charge in [-0.25, -0.2) is 4.79 Å². The number of nitrogens with zero attached hydrogens (tertiary/aromatic N) is 2. The molecule has 2 N–H and O–H groups in total. The molecule has 0 spiro atoms. The molecule has 0 saturated carbocycles. The van der Waals surface area contributed by atoms with Crippen LogP contribution < -0.4 is 20.1 Å². The van der Waals surface area contributed by atoms with Crippen molar-refractivity contribution in [2.45, 2.75) is 57.6 Å². The molecular weight excluding hydrogens is 799 g/mol. The number of hydrogen-bond acceptors (Lipinski definition) is 8. The predicted octanol–water partition coefficient (Wildman–Crippen LogP) is 8.84. The van der Waals surface area contributed by atoms with Crippen LogP contribution in [0.3, 0.4) is 0 Å². The summed E-state index contributed by atoms with van der Waals surface area (Å²) in [5.74, 6) is -0.0228. The number of hydrogen-bond donors (Lipinski definition) is 2. The number of aromatic nitrogens is 1. The van der Waals surface area contributed by atoms with Crippen molar-refractivity contribution in [1.29, 1.82) is 0 Å². The Balaban J connectivity index is 0.984. The van der Waals surface area contributed by atoms with Gasteiger partial charge in [0.2, 0.25) is 12.0 Å². The molecule has 3 atom stereocenters. The summed E-state index contributed by atoms with van der Waals surface area (Å²) in [6.45, 7) is 3.13. The second kappa shape index (κ2) is 18.0. The van der Waals surface area contributed by atoms with E-state index in [9.17, 15) is 14.4 Å². The molecule has 5 aromatic carbocycles. The Labute approximate surface area is 358 Å². The number of aryl methyl sites for hydroxylation is 1. The number of carbonyl (C=O) groups excluding carboxylic acids is 3. The van der Waals surface area contributed by atoms with Gasteiger partial charge in [0.25, 0.3) is 5.91 Å². The van der Waals surface area contributed by atoms with Crippen LogP contribution in [0.4, 0.5) is 5.69 Å². The van der Waals surface area contributed by atoms with Crippen LogP contribution in [-0.4, -0.2) is 46.9 Å². The first-order valence-electron chi connectivity index (χ1n) is 19.6. The molecule has 0 aliphatic carbocycles. The van der Waals surface area contributed by atoms with E-state index in [0.717, 1.165) is 39.1 Å². The highest BCUT2D eigenvalue weighted by molar-refractivity contribution is 6.42. The number of rotatable bonds is 12. The molecule has 2 aliphatic rings. The topological polar surface area (TPSA) is 119 Å². The largest absolute Gasteiger partial charge is 0.489 e. The minimum Gasteiger partial charge on any atom is -0.489 e. The van der Waals surface area contributed by atoms with Crippen molar-refractivity contribution in [3.63, 3.8) is 0 Å². The first-order chi connectivity index (χ1) is 29.1. The lowest BCUT2D eigenvalue weighted by Crippen LogP contribution is -2.54. The monoisotopic (exact) mass is 840 g/mol. The van der Waals surface area contributed by atoms with Gasteiger partial charge in [-0.3, -0.25) is 19.5 Å². The molecular formula is C48H42Cl2N4O6. The van der Waals surface area contributed by atoms with Crippen molar-refractivity contribution in [3.05, 3.63) is 177 Å². The highest BCUT2D eigenvalue weighted by Crippen LogP contribution is 2.40. The second-order valence-corrected chi connectivity index (χ2v) is 15.8. The Morgan fingerprint density at radius 2 is 1.62 bits per heavy atom. The zero-order valence-electron chi connectivity index (χ0n) is 33.0. The molecule has 10 nitrogen and oxygen atoms in total. The van der Waals surface area contributed by atoms with E-state index in [1.54, 1.807) is 42.6 Å². The predicted molar refractivity (Wildman–Crippen MR) is 231 cm³/mol. The van der Waals surface area contributed by atoms with Crippen LogP contribution in [0.25, 0.3) is 11.1 Å². The molecule has 1 unspecified atom stereocenters. The number of halogens is 2. The minimum absolute atomic E-state index is 0.253. The molecule has 0 fully saturated rings. The normalized spacial score (nSPS) is 16.4. The Morgan fingerprint density at radius 1 is 0.883 bits per heavy atom. The molecule has 0 saturated heterocycles. The molecule has 0 bridgehead atoms. The quantitative estimate of drug-likeness (QED) is 0.117. The van der Waals surface area contributed by atoms with Crippen molar-refractivity contribution in [1.82, 2.24) is 15.2 Å². The van der Waals surface area contributed by atoms with Crippen LogP contribution in [0, 0.1) is 6.92 Å². The second-order valence-electron chi connectivity index (χ2n) is 15.0. The van der Waals surface area contributed by atoms with E-state index in [2.05, 4.69) is 46.8 Å².